The maximum Gasteiger partial charge on any atom is 0.165 e. The Hall–Kier alpha value is -1.26. The summed E-state index contributed by atoms with van der Waals surface area (Å²) in [4.78, 5) is 2.59. The van der Waals surface area contributed by atoms with E-state index in [0.717, 1.165) is 24.6 Å². The zero-order chi connectivity index (χ0) is 14.3. The van der Waals surface area contributed by atoms with Crippen LogP contribution >= 0.6 is 0 Å². The maximum atomic E-state index is 5.73. The van der Waals surface area contributed by atoms with Gasteiger partial charge in [0.2, 0.25) is 0 Å². The van der Waals surface area contributed by atoms with E-state index in [4.69, 9.17) is 9.47 Å². The average molecular weight is 290 g/mol. The second-order valence-corrected chi connectivity index (χ2v) is 5.87. The van der Waals surface area contributed by atoms with Gasteiger partial charge in [0.1, 0.15) is 13.2 Å². The summed E-state index contributed by atoms with van der Waals surface area (Å²) < 4.78 is 11.3. The van der Waals surface area contributed by atoms with Gasteiger partial charge in [-0.1, -0.05) is 18.6 Å². The van der Waals surface area contributed by atoms with Crippen molar-refractivity contribution in [3.63, 3.8) is 0 Å². The van der Waals surface area contributed by atoms with Gasteiger partial charge in [-0.3, -0.25) is 0 Å². The Labute approximate surface area is 127 Å². The largest absolute Gasteiger partial charge is 0.486 e. The topological polar surface area (TPSA) is 33.7 Å². The van der Waals surface area contributed by atoms with Crippen molar-refractivity contribution in [2.75, 3.05) is 39.4 Å². The highest BCUT2D eigenvalue weighted by Gasteiger charge is 2.15. The Kier molecular flexibility index (Phi) is 5.35. The van der Waals surface area contributed by atoms with Crippen LogP contribution in [0.2, 0.25) is 0 Å². The molecule has 0 aromatic heterocycles. The number of benzene rings is 1. The smallest absolute Gasteiger partial charge is 0.165 e. The number of hydrogen-bond acceptors (Lipinski definition) is 4. The fourth-order valence-corrected chi connectivity index (χ4v) is 3.11. The molecular weight excluding hydrogens is 264 g/mol. The molecule has 2 aliphatic rings. The molecule has 1 fully saturated rings. The molecule has 1 aromatic rings. The molecule has 0 atom stereocenters. The van der Waals surface area contributed by atoms with Crippen molar-refractivity contribution in [3.05, 3.63) is 23.8 Å². The highest BCUT2D eigenvalue weighted by atomic mass is 16.6. The summed E-state index contributed by atoms with van der Waals surface area (Å²) in [5.41, 5.74) is 1.20. The molecule has 2 aliphatic heterocycles. The van der Waals surface area contributed by atoms with Gasteiger partial charge >= 0.3 is 0 Å². The number of hydrogen-bond donors (Lipinski definition) is 1. The first-order valence-corrected chi connectivity index (χ1v) is 8.24. The summed E-state index contributed by atoms with van der Waals surface area (Å²) in [6.45, 7) is 7.01. The van der Waals surface area contributed by atoms with Crippen LogP contribution in [0, 0.1) is 0 Å². The molecule has 1 N–H and O–H groups in total. The fourth-order valence-electron chi connectivity index (χ4n) is 3.11. The van der Waals surface area contributed by atoms with E-state index in [1.807, 2.05) is 12.1 Å². The van der Waals surface area contributed by atoms with Gasteiger partial charge in [-0.2, -0.15) is 0 Å². The Morgan fingerprint density at radius 2 is 1.90 bits per heavy atom. The molecule has 3 rings (SSSR count). The molecule has 0 saturated carbocycles. The van der Waals surface area contributed by atoms with Gasteiger partial charge in [-0.15, -0.1) is 0 Å². The van der Waals surface area contributed by atoms with E-state index >= 15 is 0 Å². The van der Waals surface area contributed by atoms with Crippen molar-refractivity contribution in [1.29, 1.82) is 0 Å². The zero-order valence-electron chi connectivity index (χ0n) is 12.8. The molecular formula is C17H26N2O2. The van der Waals surface area contributed by atoms with Crippen LogP contribution < -0.4 is 14.8 Å². The third-order valence-electron chi connectivity index (χ3n) is 4.24. The first-order valence-electron chi connectivity index (χ1n) is 8.24. The van der Waals surface area contributed by atoms with Crippen LogP contribution in [-0.2, 0) is 6.54 Å². The third kappa shape index (κ3) is 4.11. The lowest BCUT2D eigenvalue weighted by molar-refractivity contribution is 0.169. The molecule has 0 radical (unpaired) electrons. The van der Waals surface area contributed by atoms with Crippen molar-refractivity contribution < 1.29 is 9.47 Å². The minimum absolute atomic E-state index is 0.652. The van der Waals surface area contributed by atoms with Crippen LogP contribution in [0.25, 0.3) is 0 Å². The SMILES string of the molecule is c1cc(CNCCCN2CCCCC2)c2c(c1)OCCO2. The van der Waals surface area contributed by atoms with E-state index in [1.165, 1.54) is 50.9 Å². The van der Waals surface area contributed by atoms with E-state index in [1.54, 1.807) is 0 Å². The zero-order valence-corrected chi connectivity index (χ0v) is 12.8. The maximum absolute atomic E-state index is 5.73. The first-order chi connectivity index (χ1) is 10.4. The summed E-state index contributed by atoms with van der Waals surface area (Å²) in [5.74, 6) is 1.81. The number of nitrogens with one attached hydrogen (secondary N) is 1. The van der Waals surface area contributed by atoms with Crippen LogP contribution in [0.3, 0.4) is 0 Å². The van der Waals surface area contributed by atoms with Crippen molar-refractivity contribution in [2.45, 2.75) is 32.2 Å². The molecule has 4 heteroatoms. The van der Waals surface area contributed by atoms with Gasteiger partial charge in [0.15, 0.2) is 11.5 Å². The van der Waals surface area contributed by atoms with Gasteiger partial charge in [0.05, 0.1) is 0 Å². The molecule has 0 spiro atoms. The summed E-state index contributed by atoms with van der Waals surface area (Å²) in [7, 11) is 0. The van der Waals surface area contributed by atoms with E-state index in [-0.39, 0.29) is 0 Å². The second-order valence-electron chi connectivity index (χ2n) is 5.87. The van der Waals surface area contributed by atoms with Gasteiger partial charge in [0.25, 0.3) is 0 Å². The number of piperidine rings is 1. The van der Waals surface area contributed by atoms with Crippen LogP contribution in [0.4, 0.5) is 0 Å². The standard InChI is InChI=1S/C17H26N2O2/c1-2-9-19(10-3-1)11-5-8-18-14-15-6-4-7-16-17(15)21-13-12-20-16/h4,6-7,18H,1-3,5,8-14H2. The van der Waals surface area contributed by atoms with Gasteiger partial charge in [0, 0.05) is 12.1 Å². The van der Waals surface area contributed by atoms with Crippen molar-refractivity contribution in [3.8, 4) is 11.5 Å². The minimum atomic E-state index is 0.652. The number of nitrogens with zero attached hydrogens (tertiary/aromatic N) is 1. The summed E-state index contributed by atoms with van der Waals surface area (Å²) >= 11 is 0. The Bertz CT molecular complexity index is 444. The molecule has 1 saturated heterocycles. The lowest BCUT2D eigenvalue weighted by atomic mass is 10.1. The minimum Gasteiger partial charge on any atom is -0.486 e. The highest BCUT2D eigenvalue weighted by Crippen LogP contribution is 2.33. The quantitative estimate of drug-likeness (QED) is 0.816. The van der Waals surface area contributed by atoms with Crippen LogP contribution in [0.5, 0.6) is 11.5 Å². The van der Waals surface area contributed by atoms with Crippen molar-refractivity contribution in [1.82, 2.24) is 10.2 Å². The van der Waals surface area contributed by atoms with Crippen molar-refractivity contribution >= 4 is 0 Å². The molecule has 21 heavy (non-hydrogen) atoms. The first kappa shape index (κ1) is 14.7. The lowest BCUT2D eigenvalue weighted by Gasteiger charge is -2.26. The van der Waals surface area contributed by atoms with E-state index < -0.39 is 0 Å². The molecule has 2 heterocycles. The number of likely N-dealkylation sites (tertiary alicyclic amines) is 1. The van der Waals surface area contributed by atoms with Gasteiger partial charge in [-0.25, -0.2) is 0 Å². The fraction of sp³-hybridized carbons (Fsp3) is 0.647. The number of fused-ring (bicyclic) bond motifs is 1. The Morgan fingerprint density at radius 1 is 1.05 bits per heavy atom. The van der Waals surface area contributed by atoms with E-state index in [2.05, 4.69) is 16.3 Å². The van der Waals surface area contributed by atoms with E-state index in [9.17, 15) is 0 Å². The molecule has 0 aliphatic carbocycles. The summed E-state index contributed by atoms with van der Waals surface area (Å²) in [6, 6.07) is 6.14. The molecule has 1 aromatic carbocycles. The Morgan fingerprint density at radius 3 is 2.81 bits per heavy atom. The molecule has 0 bridgehead atoms. The number of ether oxygens (including phenoxy) is 2. The van der Waals surface area contributed by atoms with Gasteiger partial charge < -0.3 is 19.7 Å². The average Bonchev–Trinajstić information content (AvgIpc) is 2.56. The number of rotatable bonds is 6. The predicted molar refractivity (Wildman–Crippen MR) is 84.0 cm³/mol. The summed E-state index contributed by atoms with van der Waals surface area (Å²) in [5, 5.41) is 3.53. The van der Waals surface area contributed by atoms with E-state index in [0.29, 0.717) is 13.2 Å². The van der Waals surface area contributed by atoms with Crippen LogP contribution in [0.1, 0.15) is 31.2 Å². The van der Waals surface area contributed by atoms with Crippen molar-refractivity contribution in [2.24, 2.45) is 0 Å². The molecule has 4 nitrogen and oxygen atoms in total. The third-order valence-corrected chi connectivity index (χ3v) is 4.24. The molecule has 116 valence electrons. The molecule has 0 amide bonds. The number of para-hydroxylation sites is 1. The highest BCUT2D eigenvalue weighted by molar-refractivity contribution is 5.47. The Balaban J connectivity index is 1.39. The van der Waals surface area contributed by atoms with Crippen LogP contribution in [-0.4, -0.2) is 44.3 Å². The lowest BCUT2D eigenvalue weighted by Crippen LogP contribution is -2.32. The predicted octanol–water partition coefficient (Wildman–Crippen LogP) is 2.42. The molecule has 0 unspecified atom stereocenters. The van der Waals surface area contributed by atoms with Crippen LogP contribution in [0.15, 0.2) is 18.2 Å². The second kappa shape index (κ2) is 7.66. The normalized spacial score (nSPS) is 18.7. The monoisotopic (exact) mass is 290 g/mol. The summed E-state index contributed by atoms with van der Waals surface area (Å²) in [6.07, 6.45) is 5.38. The van der Waals surface area contributed by atoms with Gasteiger partial charge in [-0.05, 0) is 51.5 Å².